The SMILES string of the molecule is N/C(=N\C(c1ccccc1)c1ccccc1)c1cccnc1. The Kier molecular flexibility index (Phi) is 4.25. The lowest BCUT2D eigenvalue weighted by atomic mass is 9.99. The molecular weight excluding hydrogens is 270 g/mol. The maximum absolute atomic E-state index is 6.18. The van der Waals surface area contributed by atoms with Gasteiger partial charge in [0.2, 0.25) is 0 Å². The summed E-state index contributed by atoms with van der Waals surface area (Å²) in [5.41, 5.74) is 9.24. The Morgan fingerprint density at radius 2 is 1.41 bits per heavy atom. The average molecular weight is 287 g/mol. The zero-order chi connectivity index (χ0) is 15.2. The quantitative estimate of drug-likeness (QED) is 0.589. The van der Waals surface area contributed by atoms with Crippen molar-refractivity contribution >= 4 is 5.84 Å². The van der Waals surface area contributed by atoms with Gasteiger partial charge in [0.15, 0.2) is 0 Å². The molecular formula is C19H17N3. The van der Waals surface area contributed by atoms with Gasteiger partial charge in [0.25, 0.3) is 0 Å². The van der Waals surface area contributed by atoms with Crippen LogP contribution in [0.25, 0.3) is 0 Å². The summed E-state index contributed by atoms with van der Waals surface area (Å²) in [6.07, 6.45) is 3.45. The van der Waals surface area contributed by atoms with Crippen molar-refractivity contribution < 1.29 is 0 Å². The number of nitrogens with zero attached hydrogens (tertiary/aromatic N) is 2. The summed E-state index contributed by atoms with van der Waals surface area (Å²) in [4.78, 5) is 8.84. The summed E-state index contributed by atoms with van der Waals surface area (Å²) in [5.74, 6) is 0.491. The lowest BCUT2D eigenvalue weighted by Gasteiger charge is -2.15. The van der Waals surface area contributed by atoms with Crippen molar-refractivity contribution in [3.8, 4) is 0 Å². The predicted octanol–water partition coefficient (Wildman–Crippen LogP) is 3.58. The van der Waals surface area contributed by atoms with Crippen LogP contribution in [0.1, 0.15) is 22.7 Å². The van der Waals surface area contributed by atoms with Crippen LogP contribution in [0.5, 0.6) is 0 Å². The number of benzene rings is 2. The Bertz CT molecular complexity index is 698. The molecule has 0 unspecified atom stereocenters. The van der Waals surface area contributed by atoms with E-state index in [0.717, 1.165) is 16.7 Å². The van der Waals surface area contributed by atoms with Crippen LogP contribution in [0.2, 0.25) is 0 Å². The second kappa shape index (κ2) is 6.68. The highest BCUT2D eigenvalue weighted by molar-refractivity contribution is 5.97. The van der Waals surface area contributed by atoms with Gasteiger partial charge in [0, 0.05) is 18.0 Å². The molecule has 3 heteroatoms. The molecule has 1 aromatic heterocycles. The van der Waals surface area contributed by atoms with Crippen molar-refractivity contribution in [3.05, 3.63) is 102 Å². The van der Waals surface area contributed by atoms with Crippen LogP contribution >= 0.6 is 0 Å². The summed E-state index contributed by atoms with van der Waals surface area (Å²) in [5, 5.41) is 0. The number of aromatic nitrogens is 1. The molecule has 0 spiro atoms. The van der Waals surface area contributed by atoms with E-state index in [1.54, 1.807) is 12.4 Å². The molecule has 0 aliphatic carbocycles. The van der Waals surface area contributed by atoms with Crippen molar-refractivity contribution in [2.75, 3.05) is 0 Å². The van der Waals surface area contributed by atoms with Gasteiger partial charge in [-0.25, -0.2) is 0 Å². The van der Waals surface area contributed by atoms with E-state index in [2.05, 4.69) is 29.2 Å². The molecule has 0 fully saturated rings. The molecule has 2 aromatic carbocycles. The van der Waals surface area contributed by atoms with Gasteiger partial charge in [-0.15, -0.1) is 0 Å². The van der Waals surface area contributed by atoms with Gasteiger partial charge in [-0.1, -0.05) is 60.7 Å². The minimum Gasteiger partial charge on any atom is -0.383 e. The van der Waals surface area contributed by atoms with Crippen molar-refractivity contribution in [1.29, 1.82) is 0 Å². The Labute approximate surface area is 130 Å². The standard InChI is InChI=1S/C19H17N3/c20-19(17-12-7-13-21-14-17)22-18(15-8-3-1-4-9-15)16-10-5-2-6-11-16/h1-14,18H,(H2,20,22). The van der Waals surface area contributed by atoms with Crippen LogP contribution in [-0.4, -0.2) is 10.8 Å². The molecule has 22 heavy (non-hydrogen) atoms. The molecule has 0 radical (unpaired) electrons. The van der Waals surface area contributed by atoms with Gasteiger partial charge in [-0.3, -0.25) is 9.98 Å². The first kappa shape index (κ1) is 14.0. The molecule has 0 atom stereocenters. The minimum atomic E-state index is -0.123. The fourth-order valence-electron chi connectivity index (χ4n) is 2.34. The first-order chi connectivity index (χ1) is 10.8. The number of nitrogens with two attached hydrogens (primary N) is 1. The van der Waals surface area contributed by atoms with Crippen LogP contribution in [0.4, 0.5) is 0 Å². The normalized spacial score (nSPS) is 11.6. The molecule has 2 N–H and O–H groups in total. The smallest absolute Gasteiger partial charge is 0.128 e. The molecule has 3 aromatic rings. The minimum absolute atomic E-state index is 0.123. The number of aliphatic imine (C=N–C) groups is 1. The molecule has 0 saturated heterocycles. The molecule has 0 saturated carbocycles. The van der Waals surface area contributed by atoms with Crippen LogP contribution in [0.15, 0.2) is 90.2 Å². The topological polar surface area (TPSA) is 51.3 Å². The maximum Gasteiger partial charge on any atom is 0.128 e. The van der Waals surface area contributed by atoms with E-state index in [-0.39, 0.29) is 6.04 Å². The van der Waals surface area contributed by atoms with Crippen molar-refractivity contribution in [1.82, 2.24) is 4.98 Å². The number of rotatable bonds is 4. The van der Waals surface area contributed by atoms with E-state index in [1.165, 1.54) is 0 Å². The van der Waals surface area contributed by atoms with Gasteiger partial charge in [0.1, 0.15) is 11.9 Å². The number of hydrogen-bond acceptors (Lipinski definition) is 2. The molecule has 108 valence electrons. The van der Waals surface area contributed by atoms with Crippen LogP contribution in [-0.2, 0) is 0 Å². The largest absolute Gasteiger partial charge is 0.383 e. The highest BCUT2D eigenvalue weighted by atomic mass is 14.9. The number of pyridine rings is 1. The third-order valence-corrected chi connectivity index (χ3v) is 3.46. The molecule has 0 amide bonds. The van der Waals surface area contributed by atoms with Gasteiger partial charge in [-0.2, -0.15) is 0 Å². The monoisotopic (exact) mass is 287 g/mol. The maximum atomic E-state index is 6.18. The van der Waals surface area contributed by atoms with E-state index < -0.39 is 0 Å². The highest BCUT2D eigenvalue weighted by Crippen LogP contribution is 2.26. The summed E-state index contributed by atoms with van der Waals surface area (Å²) in [6.45, 7) is 0. The molecule has 3 rings (SSSR count). The van der Waals surface area contributed by atoms with Gasteiger partial charge < -0.3 is 5.73 Å². The third kappa shape index (κ3) is 3.20. The Morgan fingerprint density at radius 3 is 1.91 bits per heavy atom. The highest BCUT2D eigenvalue weighted by Gasteiger charge is 2.13. The van der Waals surface area contributed by atoms with Crippen molar-refractivity contribution in [2.45, 2.75) is 6.04 Å². The lowest BCUT2D eigenvalue weighted by Crippen LogP contribution is -2.16. The van der Waals surface area contributed by atoms with Gasteiger partial charge >= 0.3 is 0 Å². The fourth-order valence-corrected chi connectivity index (χ4v) is 2.34. The zero-order valence-corrected chi connectivity index (χ0v) is 12.1. The van der Waals surface area contributed by atoms with Crippen molar-refractivity contribution in [3.63, 3.8) is 0 Å². The van der Waals surface area contributed by atoms with Crippen LogP contribution in [0.3, 0.4) is 0 Å². The van der Waals surface area contributed by atoms with E-state index in [4.69, 9.17) is 10.7 Å². The summed E-state index contributed by atoms with van der Waals surface area (Å²) in [6, 6.07) is 24.0. The summed E-state index contributed by atoms with van der Waals surface area (Å²) >= 11 is 0. The van der Waals surface area contributed by atoms with E-state index >= 15 is 0 Å². The third-order valence-electron chi connectivity index (χ3n) is 3.46. The van der Waals surface area contributed by atoms with Crippen LogP contribution < -0.4 is 5.73 Å². The Hall–Kier alpha value is -2.94. The zero-order valence-electron chi connectivity index (χ0n) is 12.1. The first-order valence-corrected chi connectivity index (χ1v) is 7.18. The summed E-state index contributed by atoms with van der Waals surface area (Å²) in [7, 11) is 0. The second-order valence-corrected chi connectivity index (χ2v) is 4.98. The number of hydrogen-bond donors (Lipinski definition) is 1. The summed E-state index contributed by atoms with van der Waals surface area (Å²) < 4.78 is 0. The van der Waals surface area contributed by atoms with Gasteiger partial charge in [0.05, 0.1) is 0 Å². The molecule has 1 heterocycles. The van der Waals surface area contributed by atoms with E-state index in [0.29, 0.717) is 5.84 Å². The predicted molar refractivity (Wildman–Crippen MR) is 89.7 cm³/mol. The fraction of sp³-hybridized carbons (Fsp3) is 0.0526. The average Bonchev–Trinajstić information content (AvgIpc) is 2.62. The molecule has 0 aliphatic rings. The molecule has 0 bridgehead atoms. The lowest BCUT2D eigenvalue weighted by molar-refractivity contribution is 0.870. The van der Waals surface area contributed by atoms with Gasteiger partial charge in [-0.05, 0) is 23.3 Å². The Balaban J connectivity index is 2.03. The number of amidine groups is 1. The Morgan fingerprint density at radius 1 is 0.818 bits per heavy atom. The van der Waals surface area contributed by atoms with Crippen molar-refractivity contribution in [2.24, 2.45) is 10.7 Å². The second-order valence-electron chi connectivity index (χ2n) is 4.98. The van der Waals surface area contributed by atoms with E-state index in [9.17, 15) is 0 Å². The molecule has 0 aliphatic heterocycles. The first-order valence-electron chi connectivity index (χ1n) is 7.18. The van der Waals surface area contributed by atoms with Crippen LogP contribution in [0, 0.1) is 0 Å². The molecule has 3 nitrogen and oxygen atoms in total. The van der Waals surface area contributed by atoms with E-state index in [1.807, 2.05) is 48.5 Å².